The first-order valence-electron chi connectivity index (χ1n) is 6.86. The SMILES string of the molecule is CC(C)c1nc(CNC(=O)[C@H](C)Sc2ccccn2)cs1. The Morgan fingerprint density at radius 3 is 2.81 bits per heavy atom. The van der Waals surface area contributed by atoms with Crippen LogP contribution in [0.25, 0.3) is 0 Å². The van der Waals surface area contributed by atoms with Gasteiger partial charge in [-0.25, -0.2) is 9.97 Å². The topological polar surface area (TPSA) is 54.9 Å². The summed E-state index contributed by atoms with van der Waals surface area (Å²) in [6, 6.07) is 5.69. The van der Waals surface area contributed by atoms with Crippen molar-refractivity contribution in [2.45, 2.75) is 43.5 Å². The number of nitrogens with one attached hydrogen (secondary N) is 1. The molecular weight excluding hydrogens is 302 g/mol. The minimum Gasteiger partial charge on any atom is -0.349 e. The van der Waals surface area contributed by atoms with Gasteiger partial charge in [-0.3, -0.25) is 4.79 Å². The molecule has 0 bridgehead atoms. The van der Waals surface area contributed by atoms with Crippen molar-refractivity contribution in [3.8, 4) is 0 Å². The average molecular weight is 321 g/mol. The van der Waals surface area contributed by atoms with E-state index in [2.05, 4.69) is 29.1 Å². The summed E-state index contributed by atoms with van der Waals surface area (Å²) in [7, 11) is 0. The van der Waals surface area contributed by atoms with E-state index in [-0.39, 0.29) is 11.2 Å². The van der Waals surface area contributed by atoms with Crippen molar-refractivity contribution >= 4 is 29.0 Å². The number of rotatable bonds is 6. The normalized spacial score (nSPS) is 12.4. The molecule has 1 N–H and O–H groups in total. The maximum Gasteiger partial charge on any atom is 0.233 e. The number of hydrogen-bond donors (Lipinski definition) is 1. The van der Waals surface area contributed by atoms with Gasteiger partial charge in [0.05, 0.1) is 27.5 Å². The van der Waals surface area contributed by atoms with Crippen molar-refractivity contribution in [2.75, 3.05) is 0 Å². The molecule has 2 aromatic rings. The fourth-order valence-electron chi connectivity index (χ4n) is 1.64. The number of carbonyl (C=O) groups is 1. The lowest BCUT2D eigenvalue weighted by molar-refractivity contribution is -0.120. The number of thiazole rings is 1. The zero-order valence-electron chi connectivity index (χ0n) is 12.4. The minimum absolute atomic E-state index is 0.00440. The van der Waals surface area contributed by atoms with Gasteiger partial charge in [0.15, 0.2) is 0 Å². The van der Waals surface area contributed by atoms with E-state index in [0.717, 1.165) is 15.7 Å². The quantitative estimate of drug-likeness (QED) is 0.828. The largest absolute Gasteiger partial charge is 0.349 e. The van der Waals surface area contributed by atoms with Gasteiger partial charge in [0.2, 0.25) is 5.91 Å². The van der Waals surface area contributed by atoms with Crippen LogP contribution in [0.1, 0.15) is 37.4 Å². The molecule has 6 heteroatoms. The lowest BCUT2D eigenvalue weighted by Crippen LogP contribution is -2.30. The summed E-state index contributed by atoms with van der Waals surface area (Å²) in [5.74, 6) is 0.433. The lowest BCUT2D eigenvalue weighted by Gasteiger charge is -2.10. The molecule has 112 valence electrons. The number of carbonyl (C=O) groups excluding carboxylic acids is 1. The molecule has 2 aromatic heterocycles. The monoisotopic (exact) mass is 321 g/mol. The third-order valence-corrected chi connectivity index (χ3v) is 5.06. The first-order valence-corrected chi connectivity index (χ1v) is 8.62. The molecule has 1 atom stereocenters. The van der Waals surface area contributed by atoms with Crippen LogP contribution in [0.3, 0.4) is 0 Å². The minimum atomic E-state index is -0.178. The Morgan fingerprint density at radius 1 is 1.38 bits per heavy atom. The third kappa shape index (κ3) is 4.82. The Balaban J connectivity index is 1.83. The van der Waals surface area contributed by atoms with E-state index in [9.17, 15) is 4.79 Å². The average Bonchev–Trinajstić information content (AvgIpc) is 2.95. The van der Waals surface area contributed by atoms with Gasteiger partial charge in [0, 0.05) is 17.5 Å². The second kappa shape index (κ2) is 7.56. The van der Waals surface area contributed by atoms with Crippen molar-refractivity contribution in [1.29, 1.82) is 0 Å². The van der Waals surface area contributed by atoms with Crippen LogP contribution in [-0.4, -0.2) is 21.1 Å². The van der Waals surface area contributed by atoms with Crippen LogP contribution in [0.2, 0.25) is 0 Å². The molecule has 0 saturated heterocycles. The summed E-state index contributed by atoms with van der Waals surface area (Å²) in [6.07, 6.45) is 1.73. The summed E-state index contributed by atoms with van der Waals surface area (Å²) in [6.45, 7) is 6.60. The Labute approximate surface area is 133 Å². The van der Waals surface area contributed by atoms with Crippen LogP contribution in [0.15, 0.2) is 34.8 Å². The Morgan fingerprint density at radius 2 is 2.19 bits per heavy atom. The first-order chi connectivity index (χ1) is 10.1. The van der Waals surface area contributed by atoms with Gasteiger partial charge in [0.1, 0.15) is 0 Å². The van der Waals surface area contributed by atoms with E-state index in [1.165, 1.54) is 11.8 Å². The van der Waals surface area contributed by atoms with Gasteiger partial charge in [-0.05, 0) is 19.1 Å². The number of thioether (sulfide) groups is 1. The summed E-state index contributed by atoms with van der Waals surface area (Å²) < 4.78 is 0. The molecule has 0 aliphatic carbocycles. The molecule has 0 fully saturated rings. The molecule has 2 heterocycles. The van der Waals surface area contributed by atoms with Crippen LogP contribution in [0.4, 0.5) is 0 Å². The highest BCUT2D eigenvalue weighted by Crippen LogP contribution is 2.21. The van der Waals surface area contributed by atoms with Crippen LogP contribution < -0.4 is 5.32 Å². The van der Waals surface area contributed by atoms with Gasteiger partial charge < -0.3 is 5.32 Å². The standard InChI is InChI=1S/C15H19N3OS2/c1-10(2)15-18-12(9-20-15)8-17-14(19)11(3)21-13-6-4-5-7-16-13/h4-7,9-11H,8H2,1-3H3,(H,17,19)/t11-/m0/s1. The maximum atomic E-state index is 12.1. The Bertz CT molecular complexity index is 584. The highest BCUT2D eigenvalue weighted by molar-refractivity contribution is 8.00. The van der Waals surface area contributed by atoms with E-state index < -0.39 is 0 Å². The molecule has 2 rings (SSSR count). The molecule has 0 aromatic carbocycles. The van der Waals surface area contributed by atoms with Crippen molar-refractivity contribution in [3.63, 3.8) is 0 Å². The summed E-state index contributed by atoms with van der Waals surface area (Å²) in [5.41, 5.74) is 0.923. The molecule has 21 heavy (non-hydrogen) atoms. The zero-order valence-corrected chi connectivity index (χ0v) is 14.0. The smallest absolute Gasteiger partial charge is 0.233 e. The zero-order chi connectivity index (χ0) is 15.2. The van der Waals surface area contributed by atoms with Crippen LogP contribution in [-0.2, 0) is 11.3 Å². The van der Waals surface area contributed by atoms with Crippen LogP contribution in [0.5, 0.6) is 0 Å². The number of nitrogens with zero attached hydrogens (tertiary/aromatic N) is 2. The highest BCUT2D eigenvalue weighted by Gasteiger charge is 2.15. The molecule has 0 unspecified atom stereocenters. The van der Waals surface area contributed by atoms with Crippen molar-refractivity contribution in [1.82, 2.24) is 15.3 Å². The summed E-state index contributed by atoms with van der Waals surface area (Å²) in [5, 5.41) is 6.72. The van der Waals surface area contributed by atoms with Gasteiger partial charge in [-0.1, -0.05) is 31.7 Å². The van der Waals surface area contributed by atoms with Crippen LogP contribution >= 0.6 is 23.1 Å². The first kappa shape index (κ1) is 16.0. The molecule has 0 saturated carbocycles. The predicted octanol–water partition coefficient (Wildman–Crippen LogP) is 3.46. The highest BCUT2D eigenvalue weighted by atomic mass is 32.2. The number of pyridine rings is 1. The molecule has 0 radical (unpaired) electrons. The molecule has 0 spiro atoms. The Hall–Kier alpha value is -1.40. The second-order valence-corrected chi connectivity index (χ2v) is 7.23. The molecule has 4 nitrogen and oxygen atoms in total. The Kier molecular flexibility index (Phi) is 5.76. The molecule has 0 aliphatic heterocycles. The van der Waals surface area contributed by atoms with Gasteiger partial charge >= 0.3 is 0 Å². The van der Waals surface area contributed by atoms with Crippen molar-refractivity contribution in [3.05, 3.63) is 40.5 Å². The van der Waals surface area contributed by atoms with E-state index in [1.807, 2.05) is 30.5 Å². The molecule has 0 aliphatic rings. The number of hydrogen-bond acceptors (Lipinski definition) is 5. The number of amides is 1. The summed E-state index contributed by atoms with van der Waals surface area (Å²) >= 11 is 3.10. The lowest BCUT2D eigenvalue weighted by atomic mass is 10.2. The molecule has 1 amide bonds. The van der Waals surface area contributed by atoms with Crippen molar-refractivity contribution in [2.24, 2.45) is 0 Å². The fraction of sp³-hybridized carbons (Fsp3) is 0.400. The van der Waals surface area contributed by atoms with Crippen molar-refractivity contribution < 1.29 is 4.79 Å². The number of aromatic nitrogens is 2. The van der Waals surface area contributed by atoms with E-state index in [0.29, 0.717) is 12.5 Å². The fourth-order valence-corrected chi connectivity index (χ4v) is 3.31. The van der Waals surface area contributed by atoms with Gasteiger partial charge in [0.25, 0.3) is 0 Å². The van der Waals surface area contributed by atoms with Gasteiger partial charge in [-0.15, -0.1) is 11.3 Å². The maximum absolute atomic E-state index is 12.1. The van der Waals surface area contributed by atoms with Crippen LogP contribution in [0, 0.1) is 0 Å². The van der Waals surface area contributed by atoms with E-state index >= 15 is 0 Å². The van der Waals surface area contributed by atoms with E-state index in [1.54, 1.807) is 17.5 Å². The predicted molar refractivity (Wildman–Crippen MR) is 87.6 cm³/mol. The third-order valence-electron chi connectivity index (χ3n) is 2.81. The molecular formula is C15H19N3OS2. The second-order valence-electron chi connectivity index (χ2n) is 4.98. The van der Waals surface area contributed by atoms with Gasteiger partial charge in [-0.2, -0.15) is 0 Å². The summed E-state index contributed by atoms with van der Waals surface area (Å²) in [4.78, 5) is 20.8. The van der Waals surface area contributed by atoms with E-state index in [4.69, 9.17) is 0 Å².